The van der Waals surface area contributed by atoms with E-state index < -0.39 is 0 Å². The molecule has 0 N–H and O–H groups in total. The summed E-state index contributed by atoms with van der Waals surface area (Å²) >= 11 is 13.3. The third-order valence-corrected chi connectivity index (χ3v) is 7.03. The Morgan fingerprint density at radius 3 is 2.39 bits per heavy atom. The lowest BCUT2D eigenvalue weighted by Gasteiger charge is -2.37. The summed E-state index contributed by atoms with van der Waals surface area (Å²) in [4.78, 5) is 17.0. The quantitative estimate of drug-likeness (QED) is 0.332. The molecule has 1 aliphatic heterocycles. The molecule has 0 saturated carbocycles. The van der Waals surface area contributed by atoms with Crippen molar-refractivity contribution in [2.24, 2.45) is 11.8 Å². The summed E-state index contributed by atoms with van der Waals surface area (Å²) in [6.45, 7) is 3.53. The lowest BCUT2D eigenvalue weighted by Crippen LogP contribution is -2.45. The van der Waals surface area contributed by atoms with Gasteiger partial charge in [-0.05, 0) is 88.0 Å². The summed E-state index contributed by atoms with van der Waals surface area (Å²) in [6.07, 6.45) is 6.90. The topological polar surface area (TPSA) is 23.6 Å². The van der Waals surface area contributed by atoms with Gasteiger partial charge in [-0.25, -0.2) is 4.39 Å². The number of benzene rings is 2. The number of piperidine rings is 1. The second-order valence-corrected chi connectivity index (χ2v) is 10.4. The van der Waals surface area contributed by atoms with Crippen molar-refractivity contribution in [1.29, 1.82) is 0 Å². The van der Waals surface area contributed by atoms with Gasteiger partial charge in [0.1, 0.15) is 5.82 Å². The number of nitrogens with zero attached hydrogens (tertiary/aromatic N) is 2. The molecule has 1 aliphatic rings. The monoisotopic (exact) mass is 492 g/mol. The van der Waals surface area contributed by atoms with Crippen LogP contribution in [-0.4, -0.2) is 38.0 Å². The number of hydrogen-bond acceptors (Lipinski definition) is 2. The molecule has 1 heterocycles. The number of unbranched alkanes of at least 4 members (excludes halogenated alkanes) is 3. The third kappa shape index (κ3) is 7.18. The second kappa shape index (κ2) is 12.2. The van der Waals surface area contributed by atoms with Crippen molar-refractivity contribution >= 4 is 34.8 Å². The molecule has 6 heteroatoms. The van der Waals surface area contributed by atoms with Crippen LogP contribution in [0, 0.1) is 17.7 Å². The lowest BCUT2D eigenvalue weighted by atomic mass is 9.85. The number of hydrogen-bond donors (Lipinski definition) is 0. The minimum Gasteiger partial charge on any atom is -0.309 e. The standard InChI is InChI=1S/C27H35Cl2FN2O/c1-19-14-21(15-22-11-7-8-12-25(22)30)18-32(27(19)33)26-23(28)16-20(17-24(26)29)10-6-4-5-9-13-31(2)3/h7-8,11-12,16-17,19,21H,4-6,9-10,13-15,18H2,1-3H3/t19-,21-/m1/s1. The van der Waals surface area contributed by atoms with Crippen molar-refractivity contribution in [3.8, 4) is 0 Å². The fourth-order valence-corrected chi connectivity index (χ4v) is 5.48. The van der Waals surface area contributed by atoms with Gasteiger partial charge in [0.05, 0.1) is 15.7 Å². The van der Waals surface area contributed by atoms with Gasteiger partial charge in [-0.2, -0.15) is 0 Å². The van der Waals surface area contributed by atoms with Gasteiger partial charge in [-0.3, -0.25) is 4.79 Å². The maximum atomic E-state index is 14.2. The van der Waals surface area contributed by atoms with Crippen molar-refractivity contribution in [1.82, 2.24) is 4.90 Å². The molecule has 33 heavy (non-hydrogen) atoms. The molecule has 0 unspecified atom stereocenters. The molecule has 0 radical (unpaired) electrons. The molecule has 3 rings (SSSR count). The normalized spacial score (nSPS) is 18.9. The molecule has 0 bridgehead atoms. The molecule has 2 atom stereocenters. The van der Waals surface area contributed by atoms with Crippen LogP contribution in [0.5, 0.6) is 0 Å². The van der Waals surface area contributed by atoms with Crippen LogP contribution in [0.1, 0.15) is 50.2 Å². The van der Waals surface area contributed by atoms with Gasteiger partial charge in [0, 0.05) is 12.5 Å². The minimum absolute atomic E-state index is 0.0252. The smallest absolute Gasteiger partial charge is 0.229 e. The molecule has 0 spiro atoms. The number of halogens is 3. The van der Waals surface area contributed by atoms with Crippen molar-refractivity contribution in [2.45, 2.75) is 51.9 Å². The summed E-state index contributed by atoms with van der Waals surface area (Å²) in [6, 6.07) is 10.7. The molecule has 2 aromatic carbocycles. The molecule has 2 aromatic rings. The van der Waals surface area contributed by atoms with Crippen molar-refractivity contribution in [2.75, 3.05) is 32.1 Å². The Balaban J connectivity index is 1.67. The Kier molecular flexibility index (Phi) is 9.60. The van der Waals surface area contributed by atoms with Gasteiger partial charge in [-0.15, -0.1) is 0 Å². The summed E-state index contributed by atoms with van der Waals surface area (Å²) in [5.41, 5.74) is 2.37. The average molecular weight is 493 g/mol. The van der Waals surface area contributed by atoms with E-state index >= 15 is 0 Å². The zero-order valence-electron chi connectivity index (χ0n) is 19.9. The first-order valence-electron chi connectivity index (χ1n) is 11.9. The molecule has 0 aromatic heterocycles. The van der Waals surface area contributed by atoms with Crippen LogP contribution in [0.4, 0.5) is 10.1 Å². The van der Waals surface area contributed by atoms with E-state index in [2.05, 4.69) is 19.0 Å². The highest BCUT2D eigenvalue weighted by Crippen LogP contribution is 2.39. The zero-order valence-corrected chi connectivity index (χ0v) is 21.4. The number of rotatable bonds is 10. The fraction of sp³-hybridized carbons (Fsp3) is 0.519. The largest absolute Gasteiger partial charge is 0.309 e. The third-order valence-electron chi connectivity index (χ3n) is 6.45. The van der Waals surface area contributed by atoms with Crippen LogP contribution >= 0.6 is 23.2 Å². The van der Waals surface area contributed by atoms with E-state index in [4.69, 9.17) is 23.2 Å². The van der Waals surface area contributed by atoms with E-state index in [1.54, 1.807) is 11.0 Å². The molecule has 3 nitrogen and oxygen atoms in total. The molecule has 1 saturated heterocycles. The number of amides is 1. The van der Waals surface area contributed by atoms with E-state index in [1.807, 2.05) is 31.2 Å². The highest BCUT2D eigenvalue weighted by molar-refractivity contribution is 6.40. The zero-order chi connectivity index (χ0) is 24.0. The molecule has 180 valence electrons. The van der Waals surface area contributed by atoms with Crippen LogP contribution in [0.15, 0.2) is 36.4 Å². The van der Waals surface area contributed by atoms with Crippen LogP contribution < -0.4 is 4.90 Å². The Morgan fingerprint density at radius 2 is 1.73 bits per heavy atom. The van der Waals surface area contributed by atoms with Gasteiger partial charge in [0.15, 0.2) is 0 Å². The summed E-state index contributed by atoms with van der Waals surface area (Å²) < 4.78 is 14.2. The highest BCUT2D eigenvalue weighted by Gasteiger charge is 2.34. The van der Waals surface area contributed by atoms with E-state index in [-0.39, 0.29) is 23.6 Å². The molecular formula is C27H35Cl2FN2O. The van der Waals surface area contributed by atoms with Gasteiger partial charge in [0.25, 0.3) is 0 Å². The Labute approximate surface area is 207 Å². The van der Waals surface area contributed by atoms with Gasteiger partial charge in [0.2, 0.25) is 5.91 Å². The van der Waals surface area contributed by atoms with Crippen molar-refractivity contribution in [3.05, 3.63) is 63.4 Å². The summed E-state index contributed by atoms with van der Waals surface area (Å²) in [5.74, 6) is -0.193. The first kappa shape index (κ1) is 26.0. The van der Waals surface area contributed by atoms with Crippen molar-refractivity contribution in [3.63, 3.8) is 0 Å². The van der Waals surface area contributed by atoms with Gasteiger partial charge in [-0.1, -0.05) is 61.2 Å². The summed E-state index contributed by atoms with van der Waals surface area (Å²) in [7, 11) is 4.20. The molecule has 0 aliphatic carbocycles. The molecular weight excluding hydrogens is 458 g/mol. The SMILES string of the molecule is C[C@@H]1C[C@H](Cc2ccccc2F)CN(c2c(Cl)cc(CCCCCCN(C)C)cc2Cl)C1=O. The predicted molar refractivity (Wildman–Crippen MR) is 137 cm³/mol. The molecule has 1 amide bonds. The van der Waals surface area contributed by atoms with E-state index in [1.165, 1.54) is 25.3 Å². The van der Waals surface area contributed by atoms with Crippen molar-refractivity contribution < 1.29 is 9.18 Å². The Hall–Kier alpha value is -1.62. The van der Waals surface area contributed by atoms with Crippen LogP contribution in [0.2, 0.25) is 10.0 Å². The fourth-order valence-electron chi connectivity index (χ4n) is 4.74. The number of carbonyl (C=O) groups is 1. The Morgan fingerprint density at radius 1 is 1.06 bits per heavy atom. The van der Waals surface area contributed by atoms with Crippen LogP contribution in [0.3, 0.4) is 0 Å². The predicted octanol–water partition coefficient (Wildman–Crippen LogP) is 7.03. The first-order chi connectivity index (χ1) is 15.8. The van der Waals surface area contributed by atoms with E-state index in [0.29, 0.717) is 34.3 Å². The number of carbonyl (C=O) groups excluding carboxylic acids is 1. The van der Waals surface area contributed by atoms with E-state index in [9.17, 15) is 9.18 Å². The van der Waals surface area contributed by atoms with E-state index in [0.717, 1.165) is 31.4 Å². The van der Waals surface area contributed by atoms with Crippen LogP contribution in [0.25, 0.3) is 0 Å². The second-order valence-electron chi connectivity index (χ2n) is 9.62. The maximum absolute atomic E-state index is 14.2. The van der Waals surface area contributed by atoms with Crippen LogP contribution in [-0.2, 0) is 17.6 Å². The van der Waals surface area contributed by atoms with Gasteiger partial charge >= 0.3 is 0 Å². The average Bonchev–Trinajstić information content (AvgIpc) is 2.75. The number of aryl methyl sites for hydroxylation is 1. The summed E-state index contributed by atoms with van der Waals surface area (Å²) in [5, 5.41) is 1.02. The Bertz CT molecular complexity index is 926. The first-order valence-corrected chi connectivity index (χ1v) is 12.7. The van der Waals surface area contributed by atoms with Gasteiger partial charge < -0.3 is 9.80 Å². The maximum Gasteiger partial charge on any atom is 0.229 e. The minimum atomic E-state index is -0.198. The lowest BCUT2D eigenvalue weighted by molar-refractivity contribution is -0.124. The highest BCUT2D eigenvalue weighted by atomic mass is 35.5. The number of anilines is 1. The molecule has 1 fully saturated rings.